The number of carbonyl (C=O) groups excluding carboxylic acids is 2. The number of hydrogen-bond donors (Lipinski definition) is 2. The molecule has 1 saturated carbocycles. The van der Waals surface area contributed by atoms with Crippen molar-refractivity contribution in [2.45, 2.75) is 32.1 Å². The average Bonchev–Trinajstić information content (AvgIpc) is 3.44. The summed E-state index contributed by atoms with van der Waals surface area (Å²) in [6.45, 7) is 0. The molecule has 3 heterocycles. The molecule has 2 fully saturated rings. The molecule has 2 aliphatic rings. The maximum absolute atomic E-state index is 12.0. The fourth-order valence-electron chi connectivity index (χ4n) is 3.86. The molecule has 0 radical (unpaired) electrons. The van der Waals surface area contributed by atoms with Crippen molar-refractivity contribution in [3.05, 3.63) is 52.3 Å². The van der Waals surface area contributed by atoms with E-state index in [9.17, 15) is 9.59 Å². The zero-order valence-corrected chi connectivity index (χ0v) is 18.3. The van der Waals surface area contributed by atoms with E-state index in [1.54, 1.807) is 25.4 Å². The number of rotatable bonds is 7. The van der Waals surface area contributed by atoms with Gasteiger partial charge in [0.05, 0.1) is 25.4 Å². The number of halogens is 1. The highest BCUT2D eigenvalue weighted by molar-refractivity contribution is 6.34. The van der Waals surface area contributed by atoms with Crippen LogP contribution in [0.4, 0.5) is 11.5 Å². The Morgan fingerprint density at radius 3 is 2.91 bits per heavy atom. The average molecular weight is 452 g/mol. The molecule has 2 aromatic heterocycles. The first-order valence-electron chi connectivity index (χ1n) is 10.5. The SMILES string of the molecule is COc1cccc(Nc2cc(CCC3CC3)n3ncc(/C=C4\CC(=O)NC4=O)c3n2)c1Cl. The highest BCUT2D eigenvalue weighted by atomic mass is 35.5. The first-order valence-corrected chi connectivity index (χ1v) is 10.9. The van der Waals surface area contributed by atoms with Crippen LogP contribution in [0.1, 0.15) is 36.9 Å². The first kappa shape index (κ1) is 20.5. The number of fused-ring (bicyclic) bond motifs is 1. The lowest BCUT2D eigenvalue weighted by molar-refractivity contribution is -0.124. The summed E-state index contributed by atoms with van der Waals surface area (Å²) in [7, 11) is 1.57. The van der Waals surface area contributed by atoms with E-state index in [1.807, 2.05) is 22.7 Å². The zero-order valence-electron chi connectivity index (χ0n) is 17.5. The molecule has 32 heavy (non-hydrogen) atoms. The summed E-state index contributed by atoms with van der Waals surface area (Å²) in [6, 6.07) is 7.47. The Morgan fingerprint density at radius 2 is 2.19 bits per heavy atom. The fourth-order valence-corrected chi connectivity index (χ4v) is 4.11. The van der Waals surface area contributed by atoms with E-state index >= 15 is 0 Å². The van der Waals surface area contributed by atoms with Gasteiger partial charge in [0.15, 0.2) is 5.65 Å². The quantitative estimate of drug-likeness (QED) is 0.417. The summed E-state index contributed by atoms with van der Waals surface area (Å²) in [4.78, 5) is 28.3. The lowest BCUT2D eigenvalue weighted by Crippen LogP contribution is -2.19. The minimum absolute atomic E-state index is 0.0576. The van der Waals surface area contributed by atoms with Gasteiger partial charge in [0.25, 0.3) is 5.91 Å². The Balaban J connectivity index is 1.56. The number of carbonyl (C=O) groups is 2. The summed E-state index contributed by atoms with van der Waals surface area (Å²) < 4.78 is 7.12. The van der Waals surface area contributed by atoms with Crippen molar-refractivity contribution in [1.82, 2.24) is 19.9 Å². The Labute approximate surface area is 189 Å². The molecule has 1 aliphatic heterocycles. The summed E-state index contributed by atoms with van der Waals surface area (Å²) in [6.07, 6.45) is 7.92. The van der Waals surface area contributed by atoms with Gasteiger partial charge in [-0.05, 0) is 37.0 Å². The number of hydrogen-bond acceptors (Lipinski definition) is 6. The van der Waals surface area contributed by atoms with Crippen LogP contribution in [0.2, 0.25) is 5.02 Å². The van der Waals surface area contributed by atoms with E-state index in [1.165, 1.54) is 12.8 Å². The molecular weight excluding hydrogens is 430 g/mol. The van der Waals surface area contributed by atoms with Crippen molar-refractivity contribution in [1.29, 1.82) is 0 Å². The second-order valence-electron chi connectivity index (χ2n) is 8.12. The van der Waals surface area contributed by atoms with Crippen molar-refractivity contribution in [2.75, 3.05) is 12.4 Å². The van der Waals surface area contributed by atoms with Crippen LogP contribution in [0.3, 0.4) is 0 Å². The number of amides is 2. The maximum Gasteiger partial charge on any atom is 0.254 e. The Bertz CT molecular complexity index is 1260. The van der Waals surface area contributed by atoms with Gasteiger partial charge in [-0.25, -0.2) is 9.50 Å². The van der Waals surface area contributed by atoms with Crippen molar-refractivity contribution in [3.8, 4) is 5.75 Å². The molecule has 1 saturated heterocycles. The number of ether oxygens (including phenoxy) is 1. The van der Waals surface area contributed by atoms with E-state index in [-0.39, 0.29) is 18.2 Å². The van der Waals surface area contributed by atoms with Crippen LogP contribution in [-0.2, 0) is 16.0 Å². The number of aryl methyl sites for hydroxylation is 1. The van der Waals surface area contributed by atoms with Crippen LogP contribution < -0.4 is 15.4 Å². The minimum atomic E-state index is -0.374. The number of benzene rings is 1. The summed E-state index contributed by atoms with van der Waals surface area (Å²) in [5.41, 5.74) is 3.38. The molecule has 0 spiro atoms. The highest BCUT2D eigenvalue weighted by Gasteiger charge is 2.25. The predicted octanol–water partition coefficient (Wildman–Crippen LogP) is 3.91. The molecule has 5 rings (SSSR count). The van der Waals surface area contributed by atoms with Gasteiger partial charge >= 0.3 is 0 Å². The van der Waals surface area contributed by atoms with Crippen molar-refractivity contribution in [2.24, 2.45) is 5.92 Å². The number of nitrogens with zero attached hydrogens (tertiary/aromatic N) is 3. The first-order chi connectivity index (χ1) is 15.5. The minimum Gasteiger partial charge on any atom is -0.495 e. The molecule has 0 bridgehead atoms. The molecule has 2 N–H and O–H groups in total. The molecule has 3 aromatic rings. The third-order valence-corrected chi connectivity index (χ3v) is 6.14. The maximum atomic E-state index is 12.0. The van der Waals surface area contributed by atoms with Gasteiger partial charge in [0.2, 0.25) is 5.91 Å². The zero-order chi connectivity index (χ0) is 22.2. The molecule has 2 amide bonds. The third kappa shape index (κ3) is 4.05. The van der Waals surface area contributed by atoms with Crippen LogP contribution in [0.5, 0.6) is 5.75 Å². The second-order valence-corrected chi connectivity index (χ2v) is 8.50. The molecule has 0 unspecified atom stereocenters. The van der Waals surface area contributed by atoms with Crippen LogP contribution in [-0.4, -0.2) is 33.5 Å². The second kappa shape index (κ2) is 8.27. The van der Waals surface area contributed by atoms with Gasteiger partial charge in [0.1, 0.15) is 16.6 Å². The molecule has 1 aromatic carbocycles. The lowest BCUT2D eigenvalue weighted by atomic mass is 10.1. The van der Waals surface area contributed by atoms with E-state index < -0.39 is 0 Å². The molecule has 0 atom stereocenters. The topological polar surface area (TPSA) is 97.6 Å². The predicted molar refractivity (Wildman–Crippen MR) is 121 cm³/mol. The number of methoxy groups -OCH3 is 1. The molecule has 1 aliphatic carbocycles. The van der Waals surface area contributed by atoms with Crippen molar-refractivity contribution < 1.29 is 14.3 Å². The van der Waals surface area contributed by atoms with Crippen LogP contribution in [0, 0.1) is 5.92 Å². The number of nitrogens with one attached hydrogen (secondary N) is 2. The van der Waals surface area contributed by atoms with E-state index in [2.05, 4.69) is 15.7 Å². The number of anilines is 2. The summed E-state index contributed by atoms with van der Waals surface area (Å²) >= 11 is 6.46. The summed E-state index contributed by atoms with van der Waals surface area (Å²) in [5.74, 6) is 1.28. The smallest absolute Gasteiger partial charge is 0.254 e. The highest BCUT2D eigenvalue weighted by Crippen LogP contribution is 2.35. The van der Waals surface area contributed by atoms with Gasteiger partial charge in [-0.2, -0.15) is 5.10 Å². The van der Waals surface area contributed by atoms with E-state index in [4.69, 9.17) is 21.3 Å². The number of imide groups is 1. The fraction of sp³-hybridized carbons (Fsp3) is 0.304. The molecule has 164 valence electrons. The summed E-state index contributed by atoms with van der Waals surface area (Å²) in [5, 5.41) is 10.6. The molecule has 8 nitrogen and oxygen atoms in total. The standard InChI is InChI=1S/C23H22ClN5O3/c1-32-18-4-2-3-17(21(18)24)26-19-11-16(8-7-13-5-6-13)29-22(27-19)15(12-25-29)9-14-10-20(30)28-23(14)31/h2-4,9,11-13H,5-8,10H2,1H3,(H,26,27)(H,28,30,31)/b14-9+. The van der Waals surface area contributed by atoms with Gasteiger partial charge in [-0.1, -0.05) is 30.5 Å². The van der Waals surface area contributed by atoms with Gasteiger partial charge in [-0.15, -0.1) is 0 Å². The van der Waals surface area contributed by atoms with E-state index in [0.717, 1.165) is 24.5 Å². The number of aromatic nitrogens is 3. The Kier molecular flexibility index (Phi) is 5.30. The van der Waals surface area contributed by atoms with Crippen LogP contribution in [0.15, 0.2) is 36.0 Å². The van der Waals surface area contributed by atoms with E-state index in [0.29, 0.717) is 39.1 Å². The molecule has 9 heteroatoms. The van der Waals surface area contributed by atoms with Crippen molar-refractivity contribution in [3.63, 3.8) is 0 Å². The Morgan fingerprint density at radius 1 is 1.34 bits per heavy atom. The largest absolute Gasteiger partial charge is 0.495 e. The normalized spacial score (nSPS) is 17.2. The van der Waals surface area contributed by atoms with Gasteiger partial charge in [0, 0.05) is 22.9 Å². The van der Waals surface area contributed by atoms with Crippen LogP contribution >= 0.6 is 11.6 Å². The van der Waals surface area contributed by atoms with Crippen molar-refractivity contribution >= 4 is 46.6 Å². The van der Waals surface area contributed by atoms with Crippen LogP contribution in [0.25, 0.3) is 11.7 Å². The lowest BCUT2D eigenvalue weighted by Gasteiger charge is -2.13. The monoisotopic (exact) mass is 451 g/mol. The van der Waals surface area contributed by atoms with Gasteiger partial charge < -0.3 is 10.1 Å². The van der Waals surface area contributed by atoms with Gasteiger partial charge in [-0.3, -0.25) is 14.9 Å². The third-order valence-electron chi connectivity index (χ3n) is 5.75. The Hall–Kier alpha value is -3.39. The molecular formula is C23H22ClN5O3.